The van der Waals surface area contributed by atoms with Crippen molar-refractivity contribution in [2.75, 3.05) is 5.73 Å². The maximum Gasteiger partial charge on any atom is 0.261 e. The van der Waals surface area contributed by atoms with Crippen molar-refractivity contribution in [1.29, 1.82) is 0 Å². The zero-order valence-electron chi connectivity index (χ0n) is 7.19. The Balaban J connectivity index is 2.52. The number of hydrogen-bond donors (Lipinski definition) is 1. The summed E-state index contributed by atoms with van der Waals surface area (Å²) in [5.41, 5.74) is 7.36. The van der Waals surface area contributed by atoms with Crippen molar-refractivity contribution in [2.45, 2.75) is 6.92 Å². The van der Waals surface area contributed by atoms with Crippen molar-refractivity contribution >= 4 is 5.95 Å². The summed E-state index contributed by atoms with van der Waals surface area (Å²) in [6.45, 7) is 1.98. The molecule has 0 aliphatic carbocycles. The molecule has 2 rings (SSSR count). The van der Waals surface area contributed by atoms with Crippen molar-refractivity contribution in [3.63, 3.8) is 0 Å². The maximum atomic E-state index is 5.35. The van der Waals surface area contributed by atoms with Crippen LogP contribution in [0.3, 0.4) is 0 Å². The largest absolute Gasteiger partial charge is 0.365 e. The van der Waals surface area contributed by atoms with Crippen LogP contribution < -0.4 is 5.73 Å². The summed E-state index contributed by atoms with van der Waals surface area (Å²) in [6.07, 6.45) is 0. The third-order valence-corrected chi connectivity index (χ3v) is 1.82. The van der Waals surface area contributed by atoms with E-state index in [2.05, 4.69) is 10.1 Å². The zero-order valence-corrected chi connectivity index (χ0v) is 7.19. The summed E-state index contributed by atoms with van der Waals surface area (Å²) >= 11 is 0. The monoisotopic (exact) mass is 175 g/mol. The molecule has 0 unspecified atom stereocenters. The van der Waals surface area contributed by atoms with Crippen molar-refractivity contribution in [3.05, 3.63) is 29.8 Å². The Bertz CT molecular complexity index is 422. The van der Waals surface area contributed by atoms with Gasteiger partial charge in [0.1, 0.15) is 0 Å². The predicted octanol–water partition coefficient (Wildman–Crippen LogP) is 1.63. The summed E-state index contributed by atoms with van der Waals surface area (Å²) in [7, 11) is 0. The van der Waals surface area contributed by atoms with Crippen molar-refractivity contribution in [3.8, 4) is 11.5 Å². The zero-order chi connectivity index (χ0) is 9.26. The molecule has 0 fully saturated rings. The van der Waals surface area contributed by atoms with E-state index in [1.165, 1.54) is 0 Å². The molecule has 0 amide bonds. The molecule has 0 aliphatic rings. The first kappa shape index (κ1) is 7.79. The maximum absolute atomic E-state index is 5.35. The van der Waals surface area contributed by atoms with Gasteiger partial charge in [-0.3, -0.25) is 0 Å². The van der Waals surface area contributed by atoms with Gasteiger partial charge < -0.3 is 10.3 Å². The van der Waals surface area contributed by atoms with Gasteiger partial charge in [-0.15, -0.1) is 0 Å². The van der Waals surface area contributed by atoms with E-state index in [4.69, 9.17) is 10.3 Å². The lowest BCUT2D eigenvalue weighted by Gasteiger charge is -1.97. The van der Waals surface area contributed by atoms with Crippen LogP contribution in [0.5, 0.6) is 0 Å². The topological polar surface area (TPSA) is 64.9 Å². The number of nitrogens with two attached hydrogens (primary N) is 1. The van der Waals surface area contributed by atoms with E-state index in [0.29, 0.717) is 5.89 Å². The first-order chi connectivity index (χ1) is 6.27. The van der Waals surface area contributed by atoms with Crippen LogP contribution in [0.25, 0.3) is 11.5 Å². The minimum absolute atomic E-state index is 0.165. The molecular weight excluding hydrogens is 166 g/mol. The van der Waals surface area contributed by atoms with Gasteiger partial charge in [0.15, 0.2) is 0 Å². The van der Waals surface area contributed by atoms with E-state index in [-0.39, 0.29) is 5.95 Å². The van der Waals surface area contributed by atoms with Crippen LogP contribution in [0.2, 0.25) is 0 Å². The number of aryl methyl sites for hydroxylation is 1. The molecule has 66 valence electrons. The summed E-state index contributed by atoms with van der Waals surface area (Å²) in [4.78, 5) is 3.94. The second-order valence-electron chi connectivity index (χ2n) is 2.77. The van der Waals surface area contributed by atoms with Gasteiger partial charge in [-0.2, -0.15) is 4.98 Å². The Morgan fingerprint density at radius 1 is 1.31 bits per heavy atom. The van der Waals surface area contributed by atoms with Crippen molar-refractivity contribution in [2.24, 2.45) is 0 Å². The third kappa shape index (κ3) is 1.38. The molecule has 13 heavy (non-hydrogen) atoms. The molecule has 4 heteroatoms. The minimum Gasteiger partial charge on any atom is -0.365 e. The Kier molecular flexibility index (Phi) is 1.73. The number of aromatic nitrogens is 2. The van der Waals surface area contributed by atoms with E-state index >= 15 is 0 Å². The molecule has 2 N–H and O–H groups in total. The molecule has 0 radical (unpaired) electrons. The summed E-state index contributed by atoms with van der Waals surface area (Å²) in [5, 5.41) is 3.53. The van der Waals surface area contributed by atoms with Gasteiger partial charge in [0.2, 0.25) is 0 Å². The summed E-state index contributed by atoms with van der Waals surface area (Å²) in [5.74, 6) is 0.633. The van der Waals surface area contributed by atoms with Crippen molar-refractivity contribution < 1.29 is 4.52 Å². The molecule has 1 aromatic heterocycles. The van der Waals surface area contributed by atoms with Gasteiger partial charge in [0.25, 0.3) is 11.8 Å². The lowest BCUT2D eigenvalue weighted by atomic mass is 10.1. The molecule has 4 nitrogen and oxygen atoms in total. The molecule has 0 atom stereocenters. The molecule has 0 aliphatic heterocycles. The number of nitrogens with zero attached hydrogens (tertiary/aromatic N) is 2. The second kappa shape index (κ2) is 2.90. The Morgan fingerprint density at radius 2 is 2.08 bits per heavy atom. The highest BCUT2D eigenvalue weighted by Gasteiger charge is 2.07. The van der Waals surface area contributed by atoms with Gasteiger partial charge >= 0.3 is 0 Å². The van der Waals surface area contributed by atoms with Gasteiger partial charge in [0, 0.05) is 5.56 Å². The average Bonchev–Trinajstić information content (AvgIpc) is 2.53. The van der Waals surface area contributed by atoms with Crippen LogP contribution in [0.4, 0.5) is 5.95 Å². The Labute approximate surface area is 75.4 Å². The van der Waals surface area contributed by atoms with Crippen LogP contribution in [0.15, 0.2) is 28.8 Å². The van der Waals surface area contributed by atoms with Gasteiger partial charge in [-0.1, -0.05) is 18.2 Å². The Morgan fingerprint density at radius 3 is 2.69 bits per heavy atom. The van der Waals surface area contributed by atoms with E-state index < -0.39 is 0 Å². The average molecular weight is 175 g/mol. The van der Waals surface area contributed by atoms with E-state index in [1.807, 2.05) is 31.2 Å². The quantitative estimate of drug-likeness (QED) is 0.715. The fourth-order valence-electron chi connectivity index (χ4n) is 1.16. The smallest absolute Gasteiger partial charge is 0.261 e. The fourth-order valence-corrected chi connectivity index (χ4v) is 1.16. The minimum atomic E-state index is 0.165. The van der Waals surface area contributed by atoms with Crippen LogP contribution in [-0.2, 0) is 0 Å². The molecule has 0 bridgehead atoms. The molecule has 1 heterocycles. The van der Waals surface area contributed by atoms with Crippen LogP contribution in [0, 0.1) is 6.92 Å². The van der Waals surface area contributed by atoms with Gasteiger partial charge in [0.05, 0.1) is 0 Å². The summed E-state index contributed by atoms with van der Waals surface area (Å²) in [6, 6.07) is 7.78. The SMILES string of the molecule is Cc1ccccc1-c1nc(N)no1. The lowest BCUT2D eigenvalue weighted by molar-refractivity contribution is 0.433. The van der Waals surface area contributed by atoms with Crippen molar-refractivity contribution in [1.82, 2.24) is 10.1 Å². The highest BCUT2D eigenvalue weighted by atomic mass is 16.5. The van der Waals surface area contributed by atoms with E-state index in [1.54, 1.807) is 0 Å². The number of anilines is 1. The van der Waals surface area contributed by atoms with Crippen LogP contribution in [-0.4, -0.2) is 10.1 Å². The molecule has 2 aromatic rings. The number of rotatable bonds is 1. The first-order valence-electron chi connectivity index (χ1n) is 3.92. The molecule has 0 saturated heterocycles. The highest BCUT2D eigenvalue weighted by Crippen LogP contribution is 2.20. The van der Waals surface area contributed by atoms with Gasteiger partial charge in [-0.25, -0.2) is 0 Å². The Hall–Kier alpha value is -1.84. The molecule has 0 spiro atoms. The normalized spacial score (nSPS) is 10.2. The van der Waals surface area contributed by atoms with Crippen LogP contribution >= 0.6 is 0 Å². The molecule has 0 saturated carbocycles. The highest BCUT2D eigenvalue weighted by molar-refractivity contribution is 5.58. The third-order valence-electron chi connectivity index (χ3n) is 1.82. The molecule has 1 aromatic carbocycles. The van der Waals surface area contributed by atoms with E-state index in [9.17, 15) is 0 Å². The fraction of sp³-hybridized carbons (Fsp3) is 0.111. The molecular formula is C9H9N3O. The van der Waals surface area contributed by atoms with Crippen LogP contribution in [0.1, 0.15) is 5.56 Å². The first-order valence-corrected chi connectivity index (χ1v) is 3.92. The number of nitrogen functional groups attached to an aromatic ring is 1. The van der Waals surface area contributed by atoms with Gasteiger partial charge in [-0.05, 0) is 23.7 Å². The second-order valence-corrected chi connectivity index (χ2v) is 2.77. The number of hydrogen-bond acceptors (Lipinski definition) is 4. The van der Waals surface area contributed by atoms with E-state index in [0.717, 1.165) is 11.1 Å². The predicted molar refractivity (Wildman–Crippen MR) is 48.9 cm³/mol. The number of benzene rings is 1. The lowest BCUT2D eigenvalue weighted by Crippen LogP contribution is -1.86. The summed E-state index contributed by atoms with van der Waals surface area (Å²) < 4.78 is 4.95. The standard InChI is InChI=1S/C9H9N3O/c1-6-4-2-3-5-7(6)8-11-9(10)12-13-8/h2-5H,1H3,(H2,10,12).